The van der Waals surface area contributed by atoms with Crippen LogP contribution >= 0.6 is 0 Å². The maximum absolute atomic E-state index is 12.7. The zero-order chi connectivity index (χ0) is 21.1. The molecule has 1 unspecified atom stereocenters. The van der Waals surface area contributed by atoms with E-state index in [-0.39, 0.29) is 29.4 Å². The highest BCUT2D eigenvalue weighted by atomic mass is 19.4. The number of nitrogens with zero attached hydrogens (tertiary/aromatic N) is 2. The van der Waals surface area contributed by atoms with Crippen LogP contribution in [0, 0.1) is 12.8 Å². The molecule has 1 aromatic heterocycles. The Balaban J connectivity index is 2.07. The third-order valence-electron chi connectivity index (χ3n) is 3.81. The molecule has 0 saturated carbocycles. The third kappa shape index (κ3) is 5.33. The zero-order valence-corrected chi connectivity index (χ0v) is 15.2. The van der Waals surface area contributed by atoms with Crippen molar-refractivity contribution in [3.8, 4) is 11.5 Å². The molecule has 1 amide bonds. The van der Waals surface area contributed by atoms with Crippen LogP contribution in [0.25, 0.3) is 0 Å². The van der Waals surface area contributed by atoms with Gasteiger partial charge in [-0.2, -0.15) is 27.1 Å². The van der Waals surface area contributed by atoms with Crippen molar-refractivity contribution >= 4 is 11.6 Å². The Labute approximate surface area is 157 Å². The molecule has 1 aromatic carbocycles. The van der Waals surface area contributed by atoms with Crippen molar-refractivity contribution in [2.75, 3.05) is 12.4 Å². The first kappa shape index (κ1) is 21.5. The molecule has 0 radical (unpaired) electrons. The van der Waals surface area contributed by atoms with E-state index in [1.807, 2.05) is 0 Å². The van der Waals surface area contributed by atoms with Crippen LogP contribution in [0.15, 0.2) is 24.3 Å². The van der Waals surface area contributed by atoms with Crippen LogP contribution in [-0.2, 0) is 17.5 Å². The van der Waals surface area contributed by atoms with Crippen LogP contribution in [-0.4, -0.2) is 29.4 Å². The van der Waals surface area contributed by atoms with Crippen molar-refractivity contribution < 1.29 is 36.2 Å². The molecule has 2 rings (SSSR count). The number of aryl methyl sites for hydroxylation is 1. The first-order valence-corrected chi connectivity index (χ1v) is 8.06. The van der Waals surface area contributed by atoms with Gasteiger partial charge in [-0.15, -0.1) is 0 Å². The number of anilines is 1. The number of ether oxygens (including phenoxy) is 2. The Morgan fingerprint density at radius 2 is 1.93 bits per heavy atom. The normalized spacial score (nSPS) is 12.8. The number of alkyl halides is 5. The van der Waals surface area contributed by atoms with E-state index in [1.165, 1.54) is 39.2 Å². The molecule has 1 heterocycles. The molecule has 6 nitrogen and oxygen atoms in total. The van der Waals surface area contributed by atoms with Crippen LogP contribution < -0.4 is 14.8 Å². The lowest BCUT2D eigenvalue weighted by Gasteiger charge is -2.15. The molecule has 154 valence electrons. The van der Waals surface area contributed by atoms with E-state index in [2.05, 4.69) is 15.2 Å². The predicted molar refractivity (Wildman–Crippen MR) is 89.4 cm³/mol. The van der Waals surface area contributed by atoms with E-state index < -0.39 is 30.3 Å². The Morgan fingerprint density at radius 1 is 1.25 bits per heavy atom. The van der Waals surface area contributed by atoms with Gasteiger partial charge in [0.25, 0.3) is 0 Å². The highest BCUT2D eigenvalue weighted by molar-refractivity contribution is 5.92. The molecule has 0 fully saturated rings. The standard InChI is InChI=1S/C17H18F5N3O3/c1-9(8-25-10(2)6-14(24-25)17(20,21)22)15(26)23-11-4-5-12(28-16(18)19)13(7-11)27-3/h4-7,9,16H,8H2,1-3H3,(H,23,26). The number of carbonyl (C=O) groups is 1. The summed E-state index contributed by atoms with van der Waals surface area (Å²) >= 11 is 0. The number of nitrogens with one attached hydrogen (secondary N) is 1. The summed E-state index contributed by atoms with van der Waals surface area (Å²) in [5, 5.41) is 6.03. The molecule has 0 aliphatic carbocycles. The van der Waals surface area contributed by atoms with Gasteiger partial charge in [-0.3, -0.25) is 9.48 Å². The average molecular weight is 407 g/mol. The summed E-state index contributed by atoms with van der Waals surface area (Å²) in [5.74, 6) is -1.42. The number of halogens is 5. The maximum atomic E-state index is 12.7. The SMILES string of the molecule is COc1cc(NC(=O)C(C)Cn2nc(C(F)(F)F)cc2C)ccc1OC(F)F. The second kappa shape index (κ2) is 8.44. The maximum Gasteiger partial charge on any atom is 0.435 e. The first-order chi connectivity index (χ1) is 13.0. The summed E-state index contributed by atoms with van der Waals surface area (Å²) in [5.41, 5.74) is -0.511. The molecule has 0 spiro atoms. The van der Waals surface area contributed by atoms with Gasteiger partial charge in [-0.1, -0.05) is 6.92 Å². The summed E-state index contributed by atoms with van der Waals surface area (Å²) in [6.45, 7) is -0.125. The molecule has 11 heteroatoms. The molecular formula is C17H18F5N3O3. The Hall–Kier alpha value is -2.85. The quantitative estimate of drug-likeness (QED) is 0.702. The number of methoxy groups -OCH3 is 1. The minimum Gasteiger partial charge on any atom is -0.493 e. The first-order valence-electron chi connectivity index (χ1n) is 8.06. The van der Waals surface area contributed by atoms with Crippen molar-refractivity contribution in [3.05, 3.63) is 35.7 Å². The van der Waals surface area contributed by atoms with Crippen LogP contribution in [0.3, 0.4) is 0 Å². The van der Waals surface area contributed by atoms with Crippen molar-refractivity contribution in [1.82, 2.24) is 9.78 Å². The molecule has 0 aliphatic rings. The summed E-state index contributed by atoms with van der Waals surface area (Å²) in [4.78, 5) is 12.3. The fourth-order valence-electron chi connectivity index (χ4n) is 2.38. The lowest BCUT2D eigenvalue weighted by Crippen LogP contribution is -2.25. The lowest BCUT2D eigenvalue weighted by atomic mass is 10.1. The summed E-state index contributed by atoms with van der Waals surface area (Å²) in [7, 11) is 1.25. The Bertz CT molecular complexity index is 836. The predicted octanol–water partition coefficient (Wildman–Crippen LogP) is 4.10. The van der Waals surface area contributed by atoms with Crippen molar-refractivity contribution in [3.63, 3.8) is 0 Å². The summed E-state index contributed by atoms with van der Waals surface area (Å²) in [6, 6.07) is 4.74. The number of aromatic nitrogens is 2. The van der Waals surface area contributed by atoms with Crippen LogP contribution in [0.5, 0.6) is 11.5 Å². The number of hydrogen-bond donors (Lipinski definition) is 1. The van der Waals surface area contributed by atoms with Gasteiger partial charge in [0.15, 0.2) is 17.2 Å². The van der Waals surface area contributed by atoms with Crippen LogP contribution in [0.4, 0.5) is 27.6 Å². The zero-order valence-electron chi connectivity index (χ0n) is 15.2. The van der Waals surface area contributed by atoms with Crippen LogP contribution in [0.1, 0.15) is 18.3 Å². The highest BCUT2D eigenvalue weighted by Crippen LogP contribution is 2.32. The van der Waals surface area contributed by atoms with Crippen LogP contribution in [0.2, 0.25) is 0 Å². The molecular weight excluding hydrogens is 389 g/mol. The minimum absolute atomic E-state index is 0.0107. The average Bonchev–Trinajstić information content (AvgIpc) is 2.96. The van der Waals surface area contributed by atoms with Crippen molar-refractivity contribution in [2.45, 2.75) is 33.2 Å². The van der Waals surface area contributed by atoms with E-state index in [4.69, 9.17) is 4.74 Å². The van der Waals surface area contributed by atoms with E-state index in [0.717, 1.165) is 10.7 Å². The molecule has 1 N–H and O–H groups in total. The molecule has 0 saturated heterocycles. The molecule has 0 bridgehead atoms. The Morgan fingerprint density at radius 3 is 2.46 bits per heavy atom. The van der Waals surface area contributed by atoms with Gasteiger partial charge >= 0.3 is 12.8 Å². The third-order valence-corrected chi connectivity index (χ3v) is 3.81. The second-order valence-corrected chi connectivity index (χ2v) is 5.99. The molecule has 1 atom stereocenters. The van der Waals surface area contributed by atoms with E-state index in [9.17, 15) is 26.7 Å². The minimum atomic E-state index is -4.57. The number of carbonyl (C=O) groups excluding carboxylic acids is 1. The summed E-state index contributed by atoms with van der Waals surface area (Å²) < 4.78 is 73.2. The lowest BCUT2D eigenvalue weighted by molar-refractivity contribution is -0.141. The van der Waals surface area contributed by atoms with E-state index in [0.29, 0.717) is 0 Å². The molecule has 28 heavy (non-hydrogen) atoms. The van der Waals surface area contributed by atoms with Gasteiger partial charge in [0.1, 0.15) is 0 Å². The monoisotopic (exact) mass is 407 g/mol. The van der Waals surface area contributed by atoms with Gasteiger partial charge in [-0.05, 0) is 25.1 Å². The van der Waals surface area contributed by atoms with E-state index in [1.54, 1.807) is 0 Å². The van der Waals surface area contributed by atoms with Gasteiger partial charge < -0.3 is 14.8 Å². The fourth-order valence-corrected chi connectivity index (χ4v) is 2.38. The number of amides is 1. The van der Waals surface area contributed by atoms with E-state index >= 15 is 0 Å². The van der Waals surface area contributed by atoms with Gasteiger partial charge in [0.2, 0.25) is 5.91 Å². The number of benzene rings is 1. The fraction of sp³-hybridized carbons (Fsp3) is 0.412. The largest absolute Gasteiger partial charge is 0.493 e. The van der Waals surface area contributed by atoms with Crippen molar-refractivity contribution in [2.24, 2.45) is 5.92 Å². The van der Waals surface area contributed by atoms with Crippen molar-refractivity contribution in [1.29, 1.82) is 0 Å². The second-order valence-electron chi connectivity index (χ2n) is 5.99. The number of hydrogen-bond acceptors (Lipinski definition) is 4. The topological polar surface area (TPSA) is 65.4 Å². The summed E-state index contributed by atoms with van der Waals surface area (Å²) in [6.07, 6.45) is -4.57. The molecule has 0 aliphatic heterocycles. The number of rotatable bonds is 7. The van der Waals surface area contributed by atoms with Gasteiger partial charge in [0, 0.05) is 17.4 Å². The smallest absolute Gasteiger partial charge is 0.435 e. The molecule has 2 aromatic rings. The van der Waals surface area contributed by atoms with Gasteiger partial charge in [-0.25, -0.2) is 0 Å². The van der Waals surface area contributed by atoms with Gasteiger partial charge in [0.05, 0.1) is 19.6 Å². The Kier molecular flexibility index (Phi) is 6.47. The highest BCUT2D eigenvalue weighted by Gasteiger charge is 2.34.